The molecule has 0 spiro atoms. The summed E-state index contributed by atoms with van der Waals surface area (Å²) < 4.78 is 13.5. The van der Waals surface area contributed by atoms with Gasteiger partial charge in [0.05, 0.1) is 6.33 Å². The van der Waals surface area contributed by atoms with Gasteiger partial charge in [-0.2, -0.15) is 0 Å². The number of nitrogens with zero attached hydrogens (tertiary/aromatic N) is 2. The van der Waals surface area contributed by atoms with Crippen molar-refractivity contribution in [3.63, 3.8) is 0 Å². The average Bonchev–Trinajstić information content (AvgIpc) is 2.85. The van der Waals surface area contributed by atoms with E-state index < -0.39 is 10.8 Å². The molecule has 1 aromatic rings. The van der Waals surface area contributed by atoms with Gasteiger partial charge in [0.1, 0.15) is 0 Å². The second-order valence-electron chi connectivity index (χ2n) is 4.47. The van der Waals surface area contributed by atoms with E-state index in [0.29, 0.717) is 5.92 Å². The Kier molecular flexibility index (Phi) is 3.76. The number of hydrogen-bond donors (Lipinski definition) is 1. The van der Waals surface area contributed by atoms with Gasteiger partial charge in [0.15, 0.2) is 0 Å². The Morgan fingerprint density at radius 1 is 1.75 bits per heavy atom. The monoisotopic (exact) mass is 241 g/mol. The van der Waals surface area contributed by atoms with Crippen molar-refractivity contribution in [1.29, 1.82) is 0 Å². The van der Waals surface area contributed by atoms with Crippen molar-refractivity contribution < 1.29 is 4.21 Å². The molecule has 2 rings (SSSR count). The van der Waals surface area contributed by atoms with Crippen molar-refractivity contribution in [3.05, 3.63) is 18.2 Å². The number of rotatable bonds is 4. The molecular weight excluding hydrogens is 222 g/mol. The van der Waals surface area contributed by atoms with Crippen LogP contribution >= 0.6 is 0 Å². The van der Waals surface area contributed by atoms with Gasteiger partial charge in [-0.25, -0.2) is 4.98 Å². The minimum atomic E-state index is -0.769. The first-order valence-corrected chi connectivity index (χ1v) is 7.33. The van der Waals surface area contributed by atoms with E-state index in [9.17, 15) is 4.21 Å². The number of aromatic nitrogens is 2. The predicted molar refractivity (Wildman–Crippen MR) is 66.0 cm³/mol. The number of nitrogens with one attached hydrogen (secondary N) is 1. The van der Waals surface area contributed by atoms with E-state index in [1.54, 1.807) is 6.26 Å². The van der Waals surface area contributed by atoms with Crippen LogP contribution in [-0.4, -0.2) is 38.4 Å². The molecule has 0 aliphatic carbocycles. The largest absolute Gasteiger partial charge is 0.333 e. The summed E-state index contributed by atoms with van der Waals surface area (Å²) in [5.41, 5.74) is 1.28. The van der Waals surface area contributed by atoms with Crippen molar-refractivity contribution in [2.45, 2.75) is 31.1 Å². The summed E-state index contributed by atoms with van der Waals surface area (Å²) in [6.45, 7) is 4.95. The smallest absolute Gasteiger partial charge is 0.0948 e. The maximum absolute atomic E-state index is 11.4. The molecular formula is C11H19N3OS. The van der Waals surface area contributed by atoms with Crippen LogP contribution in [0.25, 0.3) is 0 Å². The minimum Gasteiger partial charge on any atom is -0.333 e. The van der Waals surface area contributed by atoms with Crippen LogP contribution in [0.1, 0.15) is 25.0 Å². The van der Waals surface area contributed by atoms with Crippen LogP contribution in [-0.2, 0) is 17.3 Å². The zero-order valence-electron chi connectivity index (χ0n) is 9.85. The van der Waals surface area contributed by atoms with Gasteiger partial charge < -0.3 is 9.88 Å². The molecule has 0 bridgehead atoms. The summed E-state index contributed by atoms with van der Waals surface area (Å²) >= 11 is 0. The van der Waals surface area contributed by atoms with Crippen molar-refractivity contribution in [2.75, 3.05) is 19.3 Å². The average molecular weight is 241 g/mol. The molecule has 1 aliphatic heterocycles. The Morgan fingerprint density at radius 3 is 3.19 bits per heavy atom. The van der Waals surface area contributed by atoms with Gasteiger partial charge in [0.25, 0.3) is 0 Å². The molecule has 0 radical (unpaired) electrons. The van der Waals surface area contributed by atoms with E-state index in [2.05, 4.69) is 14.9 Å². The van der Waals surface area contributed by atoms with Crippen LogP contribution in [0.5, 0.6) is 0 Å². The molecule has 0 saturated carbocycles. The highest BCUT2D eigenvalue weighted by Gasteiger charge is 2.21. The van der Waals surface area contributed by atoms with Gasteiger partial charge in [0, 0.05) is 53.2 Å². The van der Waals surface area contributed by atoms with Gasteiger partial charge in [-0.15, -0.1) is 0 Å². The second-order valence-corrected chi connectivity index (χ2v) is 6.27. The first-order chi connectivity index (χ1) is 7.68. The highest BCUT2D eigenvalue weighted by molar-refractivity contribution is 7.84. The lowest BCUT2D eigenvalue weighted by atomic mass is 10.1. The lowest BCUT2D eigenvalue weighted by Crippen LogP contribution is -2.20. The third kappa shape index (κ3) is 2.52. The van der Waals surface area contributed by atoms with Crippen LogP contribution < -0.4 is 5.32 Å². The summed E-state index contributed by atoms with van der Waals surface area (Å²) in [5, 5.41) is 3.55. The number of hydrogen-bond acceptors (Lipinski definition) is 3. The summed E-state index contributed by atoms with van der Waals surface area (Å²) in [7, 11) is -0.769. The molecule has 5 heteroatoms. The molecule has 1 fully saturated rings. The summed E-state index contributed by atoms with van der Waals surface area (Å²) in [6, 6.07) is 0. The van der Waals surface area contributed by atoms with Gasteiger partial charge in [-0.05, 0) is 19.9 Å². The van der Waals surface area contributed by atoms with E-state index >= 15 is 0 Å². The summed E-state index contributed by atoms with van der Waals surface area (Å²) in [5.74, 6) is 0.569. The van der Waals surface area contributed by atoms with Crippen molar-refractivity contribution in [1.82, 2.24) is 14.9 Å². The van der Waals surface area contributed by atoms with Crippen molar-refractivity contribution in [3.8, 4) is 0 Å². The number of imidazole rings is 1. The van der Waals surface area contributed by atoms with Crippen LogP contribution in [0.15, 0.2) is 12.5 Å². The Labute approximate surface area is 98.9 Å². The zero-order chi connectivity index (χ0) is 11.5. The molecule has 1 aliphatic rings. The topological polar surface area (TPSA) is 46.9 Å². The SMILES string of the molecule is CC(Cn1cncc1C1CCNC1)S(C)=O. The standard InChI is InChI=1S/C11H19N3OS/c1-9(16(2)15)7-14-8-13-6-11(14)10-3-4-12-5-10/h6,8-10,12H,3-5,7H2,1-2H3. The molecule has 4 nitrogen and oxygen atoms in total. The fourth-order valence-corrected chi connectivity index (χ4v) is 2.48. The van der Waals surface area contributed by atoms with Gasteiger partial charge in [-0.1, -0.05) is 0 Å². The lowest BCUT2D eigenvalue weighted by molar-refractivity contribution is 0.597. The highest BCUT2D eigenvalue weighted by Crippen LogP contribution is 2.22. The Bertz CT molecular complexity index is 371. The van der Waals surface area contributed by atoms with Gasteiger partial charge in [-0.3, -0.25) is 4.21 Å². The lowest BCUT2D eigenvalue weighted by Gasteiger charge is -2.15. The van der Waals surface area contributed by atoms with E-state index in [4.69, 9.17) is 0 Å². The molecule has 1 saturated heterocycles. The molecule has 16 heavy (non-hydrogen) atoms. The highest BCUT2D eigenvalue weighted by atomic mass is 32.2. The van der Waals surface area contributed by atoms with Crippen molar-refractivity contribution >= 4 is 10.8 Å². The van der Waals surface area contributed by atoms with Crippen molar-refractivity contribution in [2.24, 2.45) is 0 Å². The van der Waals surface area contributed by atoms with Crippen LogP contribution in [0.3, 0.4) is 0 Å². The fraction of sp³-hybridized carbons (Fsp3) is 0.727. The molecule has 90 valence electrons. The Morgan fingerprint density at radius 2 is 2.56 bits per heavy atom. The summed E-state index contributed by atoms with van der Waals surface area (Å²) in [6.07, 6.45) is 6.74. The van der Waals surface area contributed by atoms with Gasteiger partial charge in [0.2, 0.25) is 0 Å². The van der Waals surface area contributed by atoms with Gasteiger partial charge >= 0.3 is 0 Å². The Balaban J connectivity index is 2.09. The fourth-order valence-electron chi connectivity index (χ4n) is 2.11. The molecule has 3 atom stereocenters. The van der Waals surface area contributed by atoms with Crippen LogP contribution in [0.4, 0.5) is 0 Å². The van der Waals surface area contributed by atoms with Crippen LogP contribution in [0.2, 0.25) is 0 Å². The third-order valence-electron chi connectivity index (χ3n) is 3.24. The maximum Gasteiger partial charge on any atom is 0.0948 e. The Hall–Kier alpha value is -0.680. The second kappa shape index (κ2) is 5.10. The molecule has 1 aromatic heterocycles. The summed E-state index contributed by atoms with van der Waals surface area (Å²) in [4.78, 5) is 4.22. The molecule has 1 N–H and O–H groups in total. The first kappa shape index (κ1) is 11.8. The van der Waals surface area contributed by atoms with E-state index in [-0.39, 0.29) is 5.25 Å². The minimum absolute atomic E-state index is 0.183. The van der Waals surface area contributed by atoms with E-state index in [1.165, 1.54) is 12.1 Å². The van der Waals surface area contributed by atoms with Crippen LogP contribution in [0, 0.1) is 0 Å². The molecule has 2 heterocycles. The zero-order valence-corrected chi connectivity index (χ0v) is 10.7. The maximum atomic E-state index is 11.4. The van der Waals surface area contributed by atoms with E-state index in [1.807, 2.05) is 19.4 Å². The molecule has 0 aromatic carbocycles. The first-order valence-electron chi connectivity index (χ1n) is 5.71. The quantitative estimate of drug-likeness (QED) is 0.845. The van der Waals surface area contributed by atoms with E-state index in [0.717, 1.165) is 19.6 Å². The predicted octanol–water partition coefficient (Wildman–Crippen LogP) is 0.727. The third-order valence-corrected chi connectivity index (χ3v) is 4.53. The normalized spacial score (nSPS) is 24.5. The molecule has 0 amide bonds. The molecule has 3 unspecified atom stereocenters.